The first-order valence-corrected chi connectivity index (χ1v) is 12.4. The van der Waals surface area contributed by atoms with Crippen molar-refractivity contribution in [3.8, 4) is 17.4 Å². The Morgan fingerprint density at radius 2 is 1.83 bits per heavy atom. The summed E-state index contributed by atoms with van der Waals surface area (Å²) in [6.07, 6.45) is 3.04. The Morgan fingerprint density at radius 1 is 1.06 bits per heavy atom. The third-order valence-corrected chi connectivity index (χ3v) is 6.26. The van der Waals surface area contributed by atoms with Crippen LogP contribution in [0.15, 0.2) is 48.8 Å². The molecule has 188 valence electrons. The van der Waals surface area contributed by atoms with Gasteiger partial charge >= 0.3 is 6.09 Å². The number of amides is 1. The van der Waals surface area contributed by atoms with Crippen molar-refractivity contribution in [2.45, 2.75) is 46.1 Å². The molecule has 0 saturated carbocycles. The molecule has 1 aliphatic heterocycles. The molecule has 0 spiro atoms. The first-order valence-electron chi connectivity index (χ1n) is 12.4. The SMILES string of the molecule is Cc1cc2cc(Oc3ncnc4cc(OCC5CCN(C(=O)OC(C)(C)C)CC5)ccc34)ccc2[nH]1. The average Bonchev–Trinajstić information content (AvgIpc) is 3.21. The fraction of sp³-hybridized carbons (Fsp3) is 0.393. The average molecular weight is 489 g/mol. The van der Waals surface area contributed by atoms with Gasteiger partial charge in [-0.1, -0.05) is 0 Å². The largest absolute Gasteiger partial charge is 0.493 e. The standard InChI is InChI=1S/C28H32N4O4/c1-18-13-20-14-22(6-8-24(20)31-18)35-26-23-7-5-21(15-25(23)29-17-30-26)34-16-19-9-11-32(12-10-19)27(33)36-28(2,3)4/h5-8,13-15,17,19,31H,9-12,16H2,1-4H3. The predicted molar refractivity (Wildman–Crippen MR) is 139 cm³/mol. The summed E-state index contributed by atoms with van der Waals surface area (Å²) in [5, 5.41) is 1.91. The number of fused-ring (bicyclic) bond motifs is 2. The second-order valence-electron chi connectivity index (χ2n) is 10.4. The Balaban J connectivity index is 1.20. The summed E-state index contributed by atoms with van der Waals surface area (Å²) in [5.74, 6) is 2.37. The van der Waals surface area contributed by atoms with E-state index in [1.54, 1.807) is 4.90 Å². The minimum Gasteiger partial charge on any atom is -0.493 e. The number of aromatic amines is 1. The van der Waals surface area contributed by atoms with E-state index < -0.39 is 5.60 Å². The number of likely N-dealkylation sites (tertiary alicyclic amines) is 1. The van der Waals surface area contributed by atoms with E-state index in [0.29, 0.717) is 31.5 Å². The Labute approximate surface area is 210 Å². The van der Waals surface area contributed by atoms with Gasteiger partial charge in [0.05, 0.1) is 17.5 Å². The highest BCUT2D eigenvalue weighted by molar-refractivity contribution is 5.85. The number of rotatable bonds is 5. The molecule has 0 radical (unpaired) electrons. The Kier molecular flexibility index (Phi) is 6.43. The van der Waals surface area contributed by atoms with Gasteiger partial charge in [0.2, 0.25) is 5.88 Å². The van der Waals surface area contributed by atoms with Crippen LogP contribution in [0.4, 0.5) is 4.79 Å². The van der Waals surface area contributed by atoms with Crippen LogP contribution in [0.5, 0.6) is 17.4 Å². The van der Waals surface area contributed by atoms with E-state index in [2.05, 4.69) is 21.0 Å². The fourth-order valence-corrected chi connectivity index (χ4v) is 4.44. The molecule has 0 atom stereocenters. The van der Waals surface area contributed by atoms with E-state index in [9.17, 15) is 4.79 Å². The molecule has 1 saturated heterocycles. The normalized spacial score (nSPS) is 14.8. The number of hydrogen-bond acceptors (Lipinski definition) is 6. The maximum atomic E-state index is 12.3. The smallest absolute Gasteiger partial charge is 0.410 e. The van der Waals surface area contributed by atoms with Gasteiger partial charge in [-0.3, -0.25) is 0 Å². The van der Waals surface area contributed by atoms with Gasteiger partial charge in [0.15, 0.2) is 0 Å². The van der Waals surface area contributed by atoms with Crippen molar-refractivity contribution in [2.24, 2.45) is 5.92 Å². The van der Waals surface area contributed by atoms with Crippen LogP contribution in [0.1, 0.15) is 39.3 Å². The van der Waals surface area contributed by atoms with Crippen molar-refractivity contribution in [2.75, 3.05) is 19.7 Å². The summed E-state index contributed by atoms with van der Waals surface area (Å²) in [6, 6.07) is 13.8. The lowest BCUT2D eigenvalue weighted by Crippen LogP contribution is -2.42. The van der Waals surface area contributed by atoms with Crippen LogP contribution in [-0.2, 0) is 4.74 Å². The zero-order chi connectivity index (χ0) is 25.3. The van der Waals surface area contributed by atoms with Crippen LogP contribution < -0.4 is 9.47 Å². The molecule has 0 unspecified atom stereocenters. The van der Waals surface area contributed by atoms with Crippen molar-refractivity contribution in [1.82, 2.24) is 19.9 Å². The van der Waals surface area contributed by atoms with Gasteiger partial charge in [0, 0.05) is 35.8 Å². The number of H-pyrrole nitrogens is 1. The van der Waals surface area contributed by atoms with Gasteiger partial charge in [0.1, 0.15) is 23.4 Å². The Morgan fingerprint density at radius 3 is 2.61 bits per heavy atom. The third-order valence-electron chi connectivity index (χ3n) is 6.26. The highest BCUT2D eigenvalue weighted by atomic mass is 16.6. The number of nitrogens with one attached hydrogen (secondary N) is 1. The number of piperidine rings is 1. The zero-order valence-corrected chi connectivity index (χ0v) is 21.2. The molecule has 8 nitrogen and oxygen atoms in total. The molecule has 36 heavy (non-hydrogen) atoms. The molecule has 1 N–H and O–H groups in total. The molecule has 5 rings (SSSR count). The van der Waals surface area contributed by atoms with Crippen molar-refractivity contribution in [1.29, 1.82) is 0 Å². The minimum absolute atomic E-state index is 0.239. The molecule has 2 aromatic heterocycles. The maximum absolute atomic E-state index is 12.3. The van der Waals surface area contributed by atoms with Gasteiger partial charge in [-0.15, -0.1) is 0 Å². The van der Waals surface area contributed by atoms with Crippen LogP contribution >= 0.6 is 0 Å². The Bertz CT molecular complexity index is 1380. The fourth-order valence-electron chi connectivity index (χ4n) is 4.44. The quantitative estimate of drug-likeness (QED) is 0.358. The highest BCUT2D eigenvalue weighted by Gasteiger charge is 2.27. The molecule has 0 bridgehead atoms. The van der Waals surface area contributed by atoms with Crippen molar-refractivity contribution < 1.29 is 19.0 Å². The van der Waals surface area contributed by atoms with E-state index in [-0.39, 0.29) is 6.09 Å². The summed E-state index contributed by atoms with van der Waals surface area (Å²) < 4.78 is 17.7. The number of benzene rings is 2. The van der Waals surface area contributed by atoms with Crippen LogP contribution in [0.25, 0.3) is 21.8 Å². The zero-order valence-electron chi connectivity index (χ0n) is 21.2. The predicted octanol–water partition coefficient (Wildman–Crippen LogP) is 6.24. The van der Waals surface area contributed by atoms with Gasteiger partial charge in [-0.25, -0.2) is 14.8 Å². The van der Waals surface area contributed by atoms with Crippen LogP contribution in [0.2, 0.25) is 0 Å². The summed E-state index contributed by atoms with van der Waals surface area (Å²) in [7, 11) is 0. The molecule has 4 aromatic rings. The lowest BCUT2D eigenvalue weighted by atomic mass is 9.98. The molecule has 1 fully saturated rings. The van der Waals surface area contributed by atoms with E-state index in [1.165, 1.54) is 6.33 Å². The van der Waals surface area contributed by atoms with Gasteiger partial charge < -0.3 is 24.1 Å². The number of carbonyl (C=O) groups excluding carboxylic acids is 1. The molecule has 3 heterocycles. The van der Waals surface area contributed by atoms with Crippen molar-refractivity contribution in [3.63, 3.8) is 0 Å². The summed E-state index contributed by atoms with van der Waals surface area (Å²) in [4.78, 5) is 26.1. The van der Waals surface area contributed by atoms with Gasteiger partial charge in [0.25, 0.3) is 0 Å². The maximum Gasteiger partial charge on any atom is 0.410 e. The molecular formula is C28H32N4O4. The molecule has 2 aromatic carbocycles. The van der Waals surface area contributed by atoms with Gasteiger partial charge in [-0.05, 0) is 82.9 Å². The minimum atomic E-state index is -0.476. The van der Waals surface area contributed by atoms with Gasteiger partial charge in [-0.2, -0.15) is 0 Å². The van der Waals surface area contributed by atoms with Crippen molar-refractivity contribution in [3.05, 3.63) is 54.5 Å². The number of nitrogens with zero attached hydrogens (tertiary/aromatic N) is 3. The van der Waals surface area contributed by atoms with E-state index >= 15 is 0 Å². The molecule has 1 aliphatic rings. The van der Waals surface area contributed by atoms with Crippen molar-refractivity contribution >= 4 is 27.9 Å². The number of aryl methyl sites for hydroxylation is 1. The van der Waals surface area contributed by atoms with Crippen LogP contribution in [0.3, 0.4) is 0 Å². The summed E-state index contributed by atoms with van der Waals surface area (Å²) >= 11 is 0. The van der Waals surface area contributed by atoms with E-state index in [0.717, 1.165) is 51.8 Å². The molecule has 0 aliphatic carbocycles. The monoisotopic (exact) mass is 488 g/mol. The topological polar surface area (TPSA) is 89.6 Å². The molecule has 8 heteroatoms. The molecule has 1 amide bonds. The summed E-state index contributed by atoms with van der Waals surface area (Å²) in [6.45, 7) is 9.66. The van der Waals surface area contributed by atoms with Crippen LogP contribution in [0, 0.1) is 12.8 Å². The third kappa shape index (κ3) is 5.53. The van der Waals surface area contributed by atoms with E-state index in [1.807, 2.05) is 64.1 Å². The first-order chi connectivity index (χ1) is 17.2. The number of ether oxygens (including phenoxy) is 3. The lowest BCUT2D eigenvalue weighted by Gasteiger charge is -2.33. The number of hydrogen-bond donors (Lipinski definition) is 1. The van der Waals surface area contributed by atoms with Crippen LogP contribution in [-0.4, -0.2) is 51.2 Å². The molecular weight excluding hydrogens is 456 g/mol. The lowest BCUT2D eigenvalue weighted by molar-refractivity contribution is 0.0165. The first kappa shape index (κ1) is 23.9. The number of aromatic nitrogens is 3. The second kappa shape index (κ2) is 9.68. The summed E-state index contributed by atoms with van der Waals surface area (Å²) in [5.41, 5.74) is 2.47. The second-order valence-corrected chi connectivity index (χ2v) is 10.4. The Hall–Kier alpha value is -3.81. The number of carbonyl (C=O) groups is 1. The highest BCUT2D eigenvalue weighted by Crippen LogP contribution is 2.31. The van der Waals surface area contributed by atoms with E-state index in [4.69, 9.17) is 14.2 Å².